The zero-order valence-corrected chi connectivity index (χ0v) is 13.1. The quantitative estimate of drug-likeness (QED) is 0.875. The topological polar surface area (TPSA) is 86.5 Å². The maximum atomic E-state index is 10.8. The van der Waals surface area contributed by atoms with Gasteiger partial charge in [0.2, 0.25) is 0 Å². The van der Waals surface area contributed by atoms with Gasteiger partial charge in [0.1, 0.15) is 18.4 Å². The van der Waals surface area contributed by atoms with Crippen LogP contribution in [0.5, 0.6) is 5.75 Å². The predicted octanol–water partition coefficient (Wildman–Crippen LogP) is 2.05. The Morgan fingerprint density at radius 3 is 2.62 bits per heavy atom. The standard InChI is InChI=1S/C18H17N3O3/c19-7-14-1-4-16(20-8-14)12-24-17-5-2-13(3-6-17)9-21-10-15(11-21)18(22)23/h1-6,8,15H,9-12H2,(H,22,23). The molecule has 1 saturated heterocycles. The fraction of sp³-hybridized carbons (Fsp3) is 0.278. The number of carbonyl (C=O) groups is 1. The summed E-state index contributed by atoms with van der Waals surface area (Å²) in [5.41, 5.74) is 2.42. The fourth-order valence-electron chi connectivity index (χ4n) is 2.54. The molecule has 6 nitrogen and oxygen atoms in total. The molecule has 0 unspecified atom stereocenters. The Balaban J connectivity index is 1.48. The largest absolute Gasteiger partial charge is 0.487 e. The van der Waals surface area contributed by atoms with Crippen LogP contribution in [0.15, 0.2) is 42.6 Å². The maximum Gasteiger partial charge on any atom is 0.309 e. The monoisotopic (exact) mass is 323 g/mol. The third kappa shape index (κ3) is 3.89. The summed E-state index contributed by atoms with van der Waals surface area (Å²) < 4.78 is 5.68. The molecule has 1 aliphatic rings. The lowest BCUT2D eigenvalue weighted by atomic mass is 10.00. The number of nitrogens with zero attached hydrogens (tertiary/aromatic N) is 3. The number of rotatable bonds is 6. The zero-order valence-electron chi connectivity index (χ0n) is 13.1. The third-order valence-corrected chi connectivity index (χ3v) is 3.98. The van der Waals surface area contributed by atoms with Gasteiger partial charge in [0.05, 0.1) is 17.2 Å². The van der Waals surface area contributed by atoms with E-state index in [0.29, 0.717) is 25.3 Å². The maximum absolute atomic E-state index is 10.8. The molecule has 0 amide bonds. The van der Waals surface area contributed by atoms with Gasteiger partial charge in [-0.15, -0.1) is 0 Å². The number of aromatic nitrogens is 1. The minimum absolute atomic E-state index is 0.229. The first-order valence-corrected chi connectivity index (χ1v) is 7.66. The van der Waals surface area contributed by atoms with Crippen LogP contribution in [0.2, 0.25) is 0 Å². The lowest BCUT2D eigenvalue weighted by molar-refractivity contribution is -0.147. The second-order valence-electron chi connectivity index (χ2n) is 5.81. The van der Waals surface area contributed by atoms with Crippen molar-refractivity contribution in [3.8, 4) is 11.8 Å². The van der Waals surface area contributed by atoms with E-state index in [1.54, 1.807) is 12.1 Å². The molecule has 6 heteroatoms. The molecule has 1 aromatic heterocycles. The van der Waals surface area contributed by atoms with Crippen molar-refractivity contribution in [2.75, 3.05) is 13.1 Å². The molecular weight excluding hydrogens is 306 g/mol. The highest BCUT2D eigenvalue weighted by Gasteiger charge is 2.31. The molecule has 2 heterocycles. The normalized spacial score (nSPS) is 14.6. The molecule has 24 heavy (non-hydrogen) atoms. The van der Waals surface area contributed by atoms with Crippen LogP contribution in [0.4, 0.5) is 0 Å². The van der Waals surface area contributed by atoms with Gasteiger partial charge in [-0.2, -0.15) is 5.26 Å². The second-order valence-corrected chi connectivity index (χ2v) is 5.81. The van der Waals surface area contributed by atoms with E-state index in [4.69, 9.17) is 15.1 Å². The van der Waals surface area contributed by atoms with Crippen molar-refractivity contribution < 1.29 is 14.6 Å². The van der Waals surface area contributed by atoms with Crippen LogP contribution in [0.25, 0.3) is 0 Å². The van der Waals surface area contributed by atoms with Gasteiger partial charge in [-0.3, -0.25) is 14.7 Å². The Kier molecular flexibility index (Phi) is 4.73. The summed E-state index contributed by atoms with van der Waals surface area (Å²) in [4.78, 5) is 17.1. The molecule has 0 bridgehead atoms. The van der Waals surface area contributed by atoms with E-state index >= 15 is 0 Å². The summed E-state index contributed by atoms with van der Waals surface area (Å²) in [5.74, 6) is -0.198. The van der Waals surface area contributed by atoms with Gasteiger partial charge in [-0.25, -0.2) is 0 Å². The van der Waals surface area contributed by atoms with Crippen molar-refractivity contribution in [3.05, 3.63) is 59.4 Å². The summed E-state index contributed by atoms with van der Waals surface area (Å²) in [6.07, 6.45) is 1.53. The van der Waals surface area contributed by atoms with Crippen LogP contribution in [-0.2, 0) is 17.9 Å². The van der Waals surface area contributed by atoms with E-state index in [1.807, 2.05) is 30.3 Å². The van der Waals surface area contributed by atoms with Crippen molar-refractivity contribution >= 4 is 5.97 Å². The van der Waals surface area contributed by atoms with Gasteiger partial charge in [-0.05, 0) is 29.8 Å². The fourth-order valence-corrected chi connectivity index (χ4v) is 2.54. The van der Waals surface area contributed by atoms with Crippen molar-refractivity contribution in [1.82, 2.24) is 9.88 Å². The second kappa shape index (κ2) is 7.11. The number of hydrogen-bond acceptors (Lipinski definition) is 5. The predicted molar refractivity (Wildman–Crippen MR) is 86.1 cm³/mol. The average molecular weight is 323 g/mol. The van der Waals surface area contributed by atoms with Crippen LogP contribution in [0.3, 0.4) is 0 Å². The van der Waals surface area contributed by atoms with Gasteiger partial charge >= 0.3 is 5.97 Å². The lowest BCUT2D eigenvalue weighted by Gasteiger charge is -2.36. The van der Waals surface area contributed by atoms with Crippen LogP contribution in [0.1, 0.15) is 16.8 Å². The van der Waals surface area contributed by atoms with Crippen LogP contribution < -0.4 is 4.74 Å². The summed E-state index contributed by atoms with van der Waals surface area (Å²) in [6, 6.07) is 13.3. The molecule has 1 N–H and O–H groups in total. The molecule has 3 rings (SSSR count). The molecular formula is C18H17N3O3. The minimum atomic E-state index is -0.716. The van der Waals surface area contributed by atoms with E-state index in [-0.39, 0.29) is 5.92 Å². The van der Waals surface area contributed by atoms with E-state index < -0.39 is 5.97 Å². The highest BCUT2D eigenvalue weighted by Crippen LogP contribution is 2.20. The Morgan fingerprint density at radius 1 is 1.29 bits per heavy atom. The molecule has 0 radical (unpaired) electrons. The third-order valence-electron chi connectivity index (χ3n) is 3.98. The van der Waals surface area contributed by atoms with Gasteiger partial charge in [-0.1, -0.05) is 12.1 Å². The summed E-state index contributed by atoms with van der Waals surface area (Å²) in [5, 5.41) is 17.6. The number of carboxylic acid groups (broad SMARTS) is 1. The Bertz CT molecular complexity index is 745. The SMILES string of the molecule is N#Cc1ccc(COc2ccc(CN3CC(C(=O)O)C3)cc2)nc1. The number of ether oxygens (including phenoxy) is 1. The number of carboxylic acids is 1. The van der Waals surface area contributed by atoms with E-state index in [9.17, 15) is 4.79 Å². The van der Waals surface area contributed by atoms with Gasteiger partial charge in [0.15, 0.2) is 0 Å². The van der Waals surface area contributed by atoms with Crippen molar-refractivity contribution in [2.45, 2.75) is 13.2 Å². The molecule has 2 aromatic rings. The molecule has 1 aliphatic heterocycles. The van der Waals surface area contributed by atoms with Crippen LogP contribution >= 0.6 is 0 Å². The molecule has 1 aromatic carbocycles. The van der Waals surface area contributed by atoms with Crippen molar-refractivity contribution in [1.29, 1.82) is 5.26 Å². The average Bonchev–Trinajstić information content (AvgIpc) is 2.57. The molecule has 0 atom stereocenters. The van der Waals surface area contributed by atoms with Gasteiger partial charge in [0, 0.05) is 25.8 Å². The van der Waals surface area contributed by atoms with Crippen LogP contribution in [0, 0.1) is 17.2 Å². The summed E-state index contributed by atoms with van der Waals surface area (Å²) in [6.45, 7) is 2.31. The lowest BCUT2D eigenvalue weighted by Crippen LogP contribution is -2.49. The first kappa shape index (κ1) is 16.0. The molecule has 0 saturated carbocycles. The molecule has 122 valence electrons. The molecule has 0 spiro atoms. The summed E-state index contributed by atoms with van der Waals surface area (Å²) in [7, 11) is 0. The number of likely N-dealkylation sites (tertiary alicyclic amines) is 1. The van der Waals surface area contributed by atoms with Gasteiger partial charge in [0.25, 0.3) is 0 Å². The van der Waals surface area contributed by atoms with Crippen molar-refractivity contribution in [3.63, 3.8) is 0 Å². The van der Waals surface area contributed by atoms with E-state index in [2.05, 4.69) is 9.88 Å². The molecule has 0 aliphatic carbocycles. The van der Waals surface area contributed by atoms with Gasteiger partial charge < -0.3 is 9.84 Å². The van der Waals surface area contributed by atoms with E-state index in [0.717, 1.165) is 23.6 Å². The number of nitriles is 1. The summed E-state index contributed by atoms with van der Waals surface area (Å²) >= 11 is 0. The number of aliphatic carboxylic acids is 1. The highest BCUT2D eigenvalue weighted by atomic mass is 16.5. The zero-order chi connectivity index (χ0) is 16.9. The number of benzene rings is 1. The van der Waals surface area contributed by atoms with Crippen LogP contribution in [-0.4, -0.2) is 34.0 Å². The number of hydrogen-bond donors (Lipinski definition) is 1. The Hall–Kier alpha value is -2.91. The highest BCUT2D eigenvalue weighted by molar-refractivity contribution is 5.71. The first-order valence-electron chi connectivity index (χ1n) is 7.66. The Morgan fingerprint density at radius 2 is 2.04 bits per heavy atom. The molecule has 1 fully saturated rings. The van der Waals surface area contributed by atoms with E-state index in [1.165, 1.54) is 6.20 Å². The van der Waals surface area contributed by atoms with Crippen molar-refractivity contribution in [2.24, 2.45) is 5.92 Å². The first-order chi connectivity index (χ1) is 11.6. The Labute approximate surface area is 139 Å². The number of pyridine rings is 1. The smallest absolute Gasteiger partial charge is 0.309 e. The minimum Gasteiger partial charge on any atom is -0.487 e.